The minimum absolute atomic E-state index is 0. The summed E-state index contributed by atoms with van der Waals surface area (Å²) >= 11 is 0. The fraction of sp³-hybridized carbons (Fsp3) is 0.923. The smallest absolute Gasteiger partial charge is 0.225 e. The summed E-state index contributed by atoms with van der Waals surface area (Å²) in [6.45, 7) is 1.59. The van der Waals surface area contributed by atoms with Crippen molar-refractivity contribution in [3.8, 4) is 0 Å². The van der Waals surface area contributed by atoms with Crippen molar-refractivity contribution in [1.29, 1.82) is 0 Å². The first-order valence-corrected chi connectivity index (χ1v) is 6.79. The third kappa shape index (κ3) is 4.11. The maximum Gasteiger partial charge on any atom is 0.225 e. The van der Waals surface area contributed by atoms with Crippen molar-refractivity contribution in [2.24, 2.45) is 11.7 Å². The van der Waals surface area contributed by atoms with Gasteiger partial charge in [-0.1, -0.05) is 6.42 Å². The molecule has 0 aromatic heterocycles. The molecule has 3 atom stereocenters. The summed E-state index contributed by atoms with van der Waals surface area (Å²) in [6.07, 6.45) is 6.48. The molecule has 5 heteroatoms. The molecule has 0 radical (unpaired) electrons. The second kappa shape index (κ2) is 7.31. The lowest BCUT2D eigenvalue weighted by Gasteiger charge is -2.30. The van der Waals surface area contributed by atoms with E-state index >= 15 is 0 Å². The van der Waals surface area contributed by atoms with E-state index in [0.717, 1.165) is 51.7 Å². The summed E-state index contributed by atoms with van der Waals surface area (Å²) in [4.78, 5) is 14.1. The van der Waals surface area contributed by atoms with Crippen LogP contribution in [0.4, 0.5) is 0 Å². The van der Waals surface area contributed by atoms with Crippen molar-refractivity contribution in [2.45, 2.75) is 50.7 Å². The van der Waals surface area contributed by atoms with Gasteiger partial charge in [0.25, 0.3) is 0 Å². The average molecular weight is 277 g/mol. The van der Waals surface area contributed by atoms with Gasteiger partial charge in [-0.05, 0) is 32.1 Å². The van der Waals surface area contributed by atoms with Gasteiger partial charge in [-0.2, -0.15) is 0 Å². The van der Waals surface area contributed by atoms with Crippen LogP contribution in [0.1, 0.15) is 38.5 Å². The van der Waals surface area contributed by atoms with E-state index in [-0.39, 0.29) is 36.4 Å². The Labute approximate surface area is 116 Å². The van der Waals surface area contributed by atoms with Gasteiger partial charge in [-0.25, -0.2) is 0 Å². The molecule has 0 aromatic carbocycles. The highest BCUT2D eigenvalue weighted by Gasteiger charge is 2.29. The Kier molecular flexibility index (Phi) is 6.39. The molecule has 0 bridgehead atoms. The molecule has 1 aliphatic heterocycles. The third-order valence-corrected chi connectivity index (χ3v) is 3.94. The van der Waals surface area contributed by atoms with Crippen LogP contribution in [0.25, 0.3) is 0 Å². The number of halogens is 1. The lowest BCUT2D eigenvalue weighted by atomic mass is 9.85. The first-order chi connectivity index (χ1) is 8.16. The zero-order valence-corrected chi connectivity index (χ0v) is 12.0. The van der Waals surface area contributed by atoms with Gasteiger partial charge in [-0.3, -0.25) is 4.79 Å². The van der Waals surface area contributed by atoms with Gasteiger partial charge in [0.15, 0.2) is 0 Å². The second-order valence-corrected chi connectivity index (χ2v) is 5.48. The minimum atomic E-state index is 0. The number of nitrogens with zero attached hydrogens (tertiary/aromatic N) is 1. The number of carbonyl (C=O) groups excluding carboxylic acids is 1. The zero-order valence-electron chi connectivity index (χ0n) is 11.1. The van der Waals surface area contributed by atoms with Crippen LogP contribution in [0.5, 0.6) is 0 Å². The van der Waals surface area contributed by atoms with Gasteiger partial charge < -0.3 is 15.4 Å². The quantitative estimate of drug-likeness (QED) is 0.851. The number of rotatable bonds is 3. The van der Waals surface area contributed by atoms with Crippen LogP contribution in [-0.2, 0) is 9.53 Å². The molecule has 18 heavy (non-hydrogen) atoms. The molecule has 2 fully saturated rings. The first-order valence-electron chi connectivity index (χ1n) is 6.79. The highest BCUT2D eigenvalue weighted by atomic mass is 35.5. The van der Waals surface area contributed by atoms with Crippen LogP contribution in [0.3, 0.4) is 0 Å². The fourth-order valence-electron chi connectivity index (χ4n) is 2.95. The molecule has 4 nitrogen and oxygen atoms in total. The monoisotopic (exact) mass is 276 g/mol. The molecule has 0 spiro atoms. The Morgan fingerprint density at radius 1 is 1.33 bits per heavy atom. The molecule has 1 saturated heterocycles. The number of amides is 1. The normalized spacial score (nSPS) is 31.8. The summed E-state index contributed by atoms with van der Waals surface area (Å²) < 4.78 is 5.56. The molecule has 1 aliphatic carbocycles. The van der Waals surface area contributed by atoms with Crippen molar-refractivity contribution in [2.75, 3.05) is 20.2 Å². The molecule has 106 valence electrons. The van der Waals surface area contributed by atoms with Gasteiger partial charge in [-0.15, -0.1) is 12.4 Å². The number of hydrogen-bond acceptors (Lipinski definition) is 3. The van der Waals surface area contributed by atoms with Crippen molar-refractivity contribution in [3.05, 3.63) is 0 Å². The molecule has 2 aliphatic rings. The zero-order chi connectivity index (χ0) is 12.3. The van der Waals surface area contributed by atoms with Crippen molar-refractivity contribution in [1.82, 2.24) is 4.90 Å². The van der Waals surface area contributed by atoms with Gasteiger partial charge >= 0.3 is 0 Å². The Morgan fingerprint density at radius 2 is 2.11 bits per heavy atom. The minimum Gasteiger partial charge on any atom is -0.376 e. The van der Waals surface area contributed by atoms with E-state index < -0.39 is 0 Å². The van der Waals surface area contributed by atoms with Gasteiger partial charge in [0.2, 0.25) is 5.91 Å². The van der Waals surface area contributed by atoms with Crippen LogP contribution in [0.15, 0.2) is 0 Å². The van der Waals surface area contributed by atoms with Gasteiger partial charge in [0.05, 0.1) is 6.10 Å². The summed E-state index contributed by atoms with van der Waals surface area (Å²) in [5, 5.41) is 0. The van der Waals surface area contributed by atoms with Crippen molar-refractivity contribution < 1.29 is 9.53 Å². The van der Waals surface area contributed by atoms with E-state index in [2.05, 4.69) is 0 Å². The summed E-state index contributed by atoms with van der Waals surface area (Å²) in [5.74, 6) is 0.404. The van der Waals surface area contributed by atoms with E-state index in [0.29, 0.717) is 0 Å². The standard InChI is InChI=1S/C13H24N2O2.ClH/c1-15(9-12-6-3-7-17-12)13(16)10-4-2-5-11(14)8-10;/h10-12H,2-9,14H2,1H3;1H. The highest BCUT2D eigenvalue weighted by molar-refractivity contribution is 5.85. The lowest BCUT2D eigenvalue weighted by molar-refractivity contribution is -0.136. The Balaban J connectivity index is 0.00000162. The SMILES string of the molecule is CN(CC1CCCO1)C(=O)C1CCCC(N)C1.Cl. The van der Waals surface area contributed by atoms with Gasteiger partial charge in [0.1, 0.15) is 0 Å². The van der Waals surface area contributed by atoms with Gasteiger partial charge in [0, 0.05) is 32.2 Å². The summed E-state index contributed by atoms with van der Waals surface area (Å²) in [5.41, 5.74) is 5.93. The molecule has 1 heterocycles. The van der Waals surface area contributed by atoms with E-state index in [4.69, 9.17) is 10.5 Å². The molecular weight excluding hydrogens is 252 g/mol. The number of carbonyl (C=O) groups is 1. The summed E-state index contributed by atoms with van der Waals surface area (Å²) in [7, 11) is 1.89. The van der Waals surface area contributed by atoms with Crippen molar-refractivity contribution in [3.63, 3.8) is 0 Å². The number of likely N-dealkylation sites (N-methyl/N-ethyl adjacent to an activating group) is 1. The largest absolute Gasteiger partial charge is 0.376 e. The number of hydrogen-bond donors (Lipinski definition) is 1. The molecule has 2 N–H and O–H groups in total. The topological polar surface area (TPSA) is 55.6 Å². The Hall–Kier alpha value is -0.320. The predicted molar refractivity (Wildman–Crippen MR) is 73.8 cm³/mol. The van der Waals surface area contributed by atoms with Crippen LogP contribution in [0, 0.1) is 5.92 Å². The van der Waals surface area contributed by atoms with Crippen LogP contribution in [0.2, 0.25) is 0 Å². The fourth-order valence-corrected chi connectivity index (χ4v) is 2.95. The van der Waals surface area contributed by atoms with E-state index in [1.807, 2.05) is 11.9 Å². The highest BCUT2D eigenvalue weighted by Crippen LogP contribution is 2.25. The summed E-state index contributed by atoms with van der Waals surface area (Å²) in [6, 6.07) is 0.217. The van der Waals surface area contributed by atoms with Crippen LogP contribution < -0.4 is 5.73 Å². The maximum absolute atomic E-state index is 12.2. The molecule has 1 amide bonds. The van der Waals surface area contributed by atoms with Crippen LogP contribution in [-0.4, -0.2) is 43.2 Å². The molecule has 3 unspecified atom stereocenters. The van der Waals surface area contributed by atoms with E-state index in [1.54, 1.807) is 0 Å². The average Bonchev–Trinajstić information content (AvgIpc) is 2.80. The predicted octanol–water partition coefficient (Wildman–Crippen LogP) is 1.56. The lowest BCUT2D eigenvalue weighted by Crippen LogP contribution is -2.41. The third-order valence-electron chi connectivity index (χ3n) is 3.94. The Bertz CT molecular complexity index is 270. The Morgan fingerprint density at radius 3 is 2.72 bits per heavy atom. The van der Waals surface area contributed by atoms with Crippen LogP contribution >= 0.6 is 12.4 Å². The second-order valence-electron chi connectivity index (χ2n) is 5.48. The van der Waals surface area contributed by atoms with Crippen molar-refractivity contribution >= 4 is 18.3 Å². The van der Waals surface area contributed by atoms with E-state index in [9.17, 15) is 4.79 Å². The molecule has 2 rings (SSSR count). The number of ether oxygens (including phenoxy) is 1. The molecule has 0 aromatic rings. The number of nitrogens with two attached hydrogens (primary N) is 1. The first kappa shape index (κ1) is 15.7. The molecule has 1 saturated carbocycles. The van der Waals surface area contributed by atoms with E-state index in [1.165, 1.54) is 0 Å². The maximum atomic E-state index is 12.2. The molecular formula is C13H25ClN2O2.